The highest BCUT2D eigenvalue weighted by Crippen LogP contribution is 2.24. The first-order chi connectivity index (χ1) is 8.49. The van der Waals surface area contributed by atoms with Gasteiger partial charge in [0.15, 0.2) is 0 Å². The highest BCUT2D eigenvalue weighted by Gasteiger charge is 2.34. The van der Waals surface area contributed by atoms with Crippen LogP contribution in [-0.2, 0) is 4.79 Å². The SMILES string of the molecule is O=C(O)C1CCCN1C(=O)c1cc(Cl)cc(Cl)c1. The zero-order valence-electron chi connectivity index (χ0n) is 9.40. The number of benzene rings is 1. The Balaban J connectivity index is 2.28. The van der Waals surface area contributed by atoms with E-state index in [0.717, 1.165) is 0 Å². The molecule has 1 aliphatic heterocycles. The number of amides is 1. The highest BCUT2D eigenvalue weighted by atomic mass is 35.5. The van der Waals surface area contributed by atoms with Crippen molar-refractivity contribution >= 4 is 35.1 Å². The second-order valence-corrected chi connectivity index (χ2v) is 5.03. The first-order valence-electron chi connectivity index (χ1n) is 5.49. The molecule has 1 atom stereocenters. The van der Waals surface area contributed by atoms with Crippen molar-refractivity contribution in [3.63, 3.8) is 0 Å². The molecule has 0 bridgehead atoms. The molecular weight excluding hydrogens is 277 g/mol. The van der Waals surface area contributed by atoms with Crippen LogP contribution in [-0.4, -0.2) is 34.5 Å². The van der Waals surface area contributed by atoms with Crippen molar-refractivity contribution < 1.29 is 14.7 Å². The van der Waals surface area contributed by atoms with Crippen LogP contribution >= 0.6 is 23.2 Å². The van der Waals surface area contributed by atoms with Crippen LogP contribution in [0.5, 0.6) is 0 Å². The van der Waals surface area contributed by atoms with Gasteiger partial charge >= 0.3 is 5.97 Å². The number of halogens is 2. The van der Waals surface area contributed by atoms with Gasteiger partial charge in [-0.25, -0.2) is 4.79 Å². The van der Waals surface area contributed by atoms with Gasteiger partial charge in [0.1, 0.15) is 6.04 Å². The molecule has 18 heavy (non-hydrogen) atoms. The third kappa shape index (κ3) is 2.60. The summed E-state index contributed by atoms with van der Waals surface area (Å²) >= 11 is 11.7. The molecule has 0 saturated carbocycles. The molecule has 1 unspecified atom stereocenters. The van der Waals surface area contributed by atoms with Gasteiger partial charge in [-0.1, -0.05) is 23.2 Å². The summed E-state index contributed by atoms with van der Waals surface area (Å²) in [6, 6.07) is 3.76. The molecule has 4 nitrogen and oxygen atoms in total. The van der Waals surface area contributed by atoms with E-state index < -0.39 is 12.0 Å². The fraction of sp³-hybridized carbons (Fsp3) is 0.333. The second kappa shape index (κ2) is 5.16. The van der Waals surface area contributed by atoms with E-state index >= 15 is 0 Å². The van der Waals surface area contributed by atoms with E-state index in [1.54, 1.807) is 0 Å². The van der Waals surface area contributed by atoms with Crippen LogP contribution in [0.1, 0.15) is 23.2 Å². The van der Waals surface area contributed by atoms with Crippen molar-refractivity contribution in [3.05, 3.63) is 33.8 Å². The van der Waals surface area contributed by atoms with Crippen LogP contribution in [0.4, 0.5) is 0 Å². The molecule has 0 aromatic heterocycles. The number of hydrogen-bond acceptors (Lipinski definition) is 2. The summed E-state index contributed by atoms with van der Waals surface area (Å²) in [5.41, 5.74) is 0.320. The molecule has 1 fully saturated rings. The average Bonchev–Trinajstić information content (AvgIpc) is 2.75. The topological polar surface area (TPSA) is 57.6 Å². The number of carbonyl (C=O) groups is 2. The quantitative estimate of drug-likeness (QED) is 0.910. The molecular formula is C12H11Cl2NO3. The Morgan fingerprint density at radius 1 is 1.22 bits per heavy atom. The van der Waals surface area contributed by atoms with Gasteiger partial charge in [0.25, 0.3) is 5.91 Å². The predicted octanol–water partition coefficient (Wildman–Crippen LogP) is 2.68. The Hall–Kier alpha value is -1.26. The van der Waals surface area contributed by atoms with Crippen molar-refractivity contribution in [1.82, 2.24) is 4.90 Å². The molecule has 96 valence electrons. The van der Waals surface area contributed by atoms with E-state index in [9.17, 15) is 9.59 Å². The molecule has 1 aliphatic rings. The van der Waals surface area contributed by atoms with E-state index in [1.165, 1.54) is 23.1 Å². The first-order valence-corrected chi connectivity index (χ1v) is 6.24. The van der Waals surface area contributed by atoms with Crippen molar-refractivity contribution in [1.29, 1.82) is 0 Å². The molecule has 0 radical (unpaired) electrons. The van der Waals surface area contributed by atoms with Gasteiger partial charge in [-0.3, -0.25) is 4.79 Å². The summed E-state index contributed by atoms with van der Waals surface area (Å²) in [4.78, 5) is 24.6. The maximum atomic E-state index is 12.2. The summed E-state index contributed by atoms with van der Waals surface area (Å²) in [5, 5.41) is 9.76. The van der Waals surface area contributed by atoms with Crippen LogP contribution < -0.4 is 0 Å². The van der Waals surface area contributed by atoms with Gasteiger partial charge in [0.2, 0.25) is 0 Å². The number of hydrogen-bond donors (Lipinski definition) is 1. The van der Waals surface area contributed by atoms with E-state index in [-0.39, 0.29) is 5.91 Å². The normalized spacial score (nSPS) is 19.0. The first kappa shape index (κ1) is 13.2. The lowest BCUT2D eigenvalue weighted by Gasteiger charge is -2.21. The van der Waals surface area contributed by atoms with E-state index in [4.69, 9.17) is 28.3 Å². The van der Waals surface area contributed by atoms with Crippen LogP contribution in [0.25, 0.3) is 0 Å². The fourth-order valence-corrected chi connectivity index (χ4v) is 2.64. The molecule has 1 aromatic carbocycles. The van der Waals surface area contributed by atoms with E-state index in [1.807, 2.05) is 0 Å². The summed E-state index contributed by atoms with van der Waals surface area (Å²) < 4.78 is 0. The number of nitrogens with zero attached hydrogens (tertiary/aromatic N) is 1. The van der Waals surface area contributed by atoms with Gasteiger partial charge in [0.05, 0.1) is 0 Å². The molecule has 1 amide bonds. The highest BCUT2D eigenvalue weighted by molar-refractivity contribution is 6.35. The monoisotopic (exact) mass is 287 g/mol. The Labute approximate surface area is 114 Å². The van der Waals surface area contributed by atoms with Gasteiger partial charge < -0.3 is 10.0 Å². The number of carboxylic acids is 1. The maximum Gasteiger partial charge on any atom is 0.326 e. The van der Waals surface area contributed by atoms with Crippen molar-refractivity contribution in [2.75, 3.05) is 6.54 Å². The van der Waals surface area contributed by atoms with E-state index in [2.05, 4.69) is 0 Å². The molecule has 6 heteroatoms. The van der Waals surface area contributed by atoms with Gasteiger partial charge in [-0.05, 0) is 31.0 Å². The van der Waals surface area contributed by atoms with Crippen molar-refractivity contribution in [2.45, 2.75) is 18.9 Å². The number of rotatable bonds is 2. The van der Waals surface area contributed by atoms with Gasteiger partial charge in [-0.2, -0.15) is 0 Å². The minimum absolute atomic E-state index is 0.320. The Morgan fingerprint density at radius 2 is 1.83 bits per heavy atom. The molecule has 1 aromatic rings. The summed E-state index contributed by atoms with van der Waals surface area (Å²) in [6.45, 7) is 0.444. The Bertz CT molecular complexity index is 484. The zero-order chi connectivity index (χ0) is 13.3. The van der Waals surface area contributed by atoms with Crippen molar-refractivity contribution in [3.8, 4) is 0 Å². The molecule has 1 saturated heterocycles. The van der Waals surface area contributed by atoms with Gasteiger partial charge in [0, 0.05) is 22.2 Å². The minimum atomic E-state index is -0.978. The number of carboxylic acid groups (broad SMARTS) is 1. The molecule has 1 N–H and O–H groups in total. The minimum Gasteiger partial charge on any atom is -0.480 e. The second-order valence-electron chi connectivity index (χ2n) is 4.15. The average molecular weight is 288 g/mol. The molecule has 0 aliphatic carbocycles. The predicted molar refractivity (Wildman–Crippen MR) is 68.2 cm³/mol. The smallest absolute Gasteiger partial charge is 0.326 e. The largest absolute Gasteiger partial charge is 0.480 e. The lowest BCUT2D eigenvalue weighted by Crippen LogP contribution is -2.40. The number of carbonyl (C=O) groups excluding carboxylic acids is 1. The summed E-state index contributed by atoms with van der Waals surface area (Å²) in [5.74, 6) is -1.32. The van der Waals surface area contributed by atoms with Crippen LogP contribution in [0.15, 0.2) is 18.2 Å². The third-order valence-electron chi connectivity index (χ3n) is 2.91. The standard InChI is InChI=1S/C12H11Cl2NO3/c13-8-4-7(5-9(14)6-8)11(16)15-3-1-2-10(15)12(17)18/h4-6,10H,1-3H2,(H,17,18). The number of likely N-dealkylation sites (tertiary alicyclic amines) is 1. The van der Waals surface area contributed by atoms with Crippen LogP contribution in [0.2, 0.25) is 10.0 Å². The summed E-state index contributed by atoms with van der Waals surface area (Å²) in [6.07, 6.45) is 1.17. The number of aliphatic carboxylic acids is 1. The molecule has 0 spiro atoms. The lowest BCUT2D eigenvalue weighted by atomic mass is 10.1. The maximum absolute atomic E-state index is 12.2. The summed E-state index contributed by atoms with van der Waals surface area (Å²) in [7, 11) is 0. The molecule has 1 heterocycles. The van der Waals surface area contributed by atoms with Gasteiger partial charge in [-0.15, -0.1) is 0 Å². The lowest BCUT2D eigenvalue weighted by molar-refractivity contribution is -0.141. The Morgan fingerprint density at radius 3 is 2.39 bits per heavy atom. The van der Waals surface area contributed by atoms with E-state index in [0.29, 0.717) is 35.0 Å². The zero-order valence-corrected chi connectivity index (χ0v) is 10.9. The van der Waals surface area contributed by atoms with Crippen LogP contribution in [0, 0.1) is 0 Å². The van der Waals surface area contributed by atoms with Crippen LogP contribution in [0.3, 0.4) is 0 Å². The molecule has 2 rings (SSSR count). The fourth-order valence-electron chi connectivity index (χ4n) is 2.11. The van der Waals surface area contributed by atoms with Crippen molar-refractivity contribution in [2.24, 2.45) is 0 Å². The third-order valence-corrected chi connectivity index (χ3v) is 3.34. The Kier molecular flexibility index (Phi) is 3.78.